The number of hydrogen-bond donors (Lipinski definition) is 1. The van der Waals surface area contributed by atoms with Crippen LogP contribution in [0.3, 0.4) is 0 Å². The topological polar surface area (TPSA) is 93.5 Å². The number of anilines is 1. The molecule has 4 aromatic rings. The highest BCUT2D eigenvalue weighted by Gasteiger charge is 2.24. The fourth-order valence-corrected chi connectivity index (χ4v) is 6.44. The van der Waals surface area contributed by atoms with Crippen LogP contribution in [0, 0.1) is 0 Å². The first-order chi connectivity index (χ1) is 17.8. The highest BCUT2D eigenvalue weighted by atomic mass is 35.5. The molecule has 0 saturated carbocycles. The van der Waals surface area contributed by atoms with Crippen LogP contribution in [-0.2, 0) is 14.8 Å². The lowest BCUT2D eigenvalue weighted by Crippen LogP contribution is -2.30. The standard InChI is InChI=1S/C26H27ClN4O4S2/c1-4-30(5-2)37(33,34)20-13-14-22-21(16-20)29-26(31(22)23-11-6-7-12-24(23)35-3)36-17-25(32)28-19-10-8-9-18(27)15-19/h6-16H,4-5,17H2,1-3H3,(H,28,32). The van der Waals surface area contributed by atoms with Crippen LogP contribution in [0.5, 0.6) is 5.75 Å². The van der Waals surface area contributed by atoms with Crippen LogP contribution in [0.4, 0.5) is 5.69 Å². The number of methoxy groups -OCH3 is 1. The fourth-order valence-electron chi connectivity index (χ4n) is 3.95. The number of halogens is 1. The van der Waals surface area contributed by atoms with Gasteiger partial charge in [-0.1, -0.05) is 55.4 Å². The summed E-state index contributed by atoms with van der Waals surface area (Å²) in [6.07, 6.45) is 0. The predicted octanol–water partition coefficient (Wildman–Crippen LogP) is 5.45. The monoisotopic (exact) mass is 558 g/mol. The van der Waals surface area contributed by atoms with Gasteiger partial charge >= 0.3 is 0 Å². The molecule has 0 aliphatic heterocycles. The molecule has 3 aromatic carbocycles. The molecule has 0 atom stereocenters. The normalized spacial score (nSPS) is 11.7. The molecule has 1 heterocycles. The number of nitrogens with one attached hydrogen (secondary N) is 1. The summed E-state index contributed by atoms with van der Waals surface area (Å²) in [4.78, 5) is 17.6. The molecule has 11 heteroatoms. The maximum absolute atomic E-state index is 13.1. The van der Waals surface area contributed by atoms with Crippen LogP contribution in [0.15, 0.2) is 76.8 Å². The van der Waals surface area contributed by atoms with Crippen LogP contribution < -0.4 is 10.1 Å². The summed E-state index contributed by atoms with van der Waals surface area (Å²) in [6, 6.07) is 19.3. The minimum atomic E-state index is -3.66. The Hall–Kier alpha value is -3.05. The average Bonchev–Trinajstić information content (AvgIpc) is 3.25. The van der Waals surface area contributed by atoms with E-state index in [9.17, 15) is 13.2 Å². The Bertz CT molecular complexity index is 1530. The van der Waals surface area contributed by atoms with Crippen molar-refractivity contribution >= 4 is 56.0 Å². The largest absolute Gasteiger partial charge is 0.495 e. The third-order valence-corrected chi connectivity index (χ3v) is 8.92. The van der Waals surface area contributed by atoms with Crippen LogP contribution in [0.1, 0.15) is 13.8 Å². The van der Waals surface area contributed by atoms with Gasteiger partial charge in [0.25, 0.3) is 0 Å². The molecule has 1 aromatic heterocycles. The maximum Gasteiger partial charge on any atom is 0.243 e. The van der Waals surface area contributed by atoms with Crippen LogP contribution in [-0.4, -0.2) is 54.1 Å². The maximum atomic E-state index is 13.1. The quantitative estimate of drug-likeness (QED) is 0.260. The second kappa shape index (κ2) is 11.6. The molecule has 0 aliphatic carbocycles. The summed E-state index contributed by atoms with van der Waals surface area (Å²) in [6.45, 7) is 4.35. The van der Waals surface area contributed by atoms with E-state index < -0.39 is 10.0 Å². The summed E-state index contributed by atoms with van der Waals surface area (Å²) in [5.41, 5.74) is 2.52. The van der Waals surface area contributed by atoms with Gasteiger partial charge in [-0.2, -0.15) is 4.31 Å². The molecule has 0 bridgehead atoms. The lowest BCUT2D eigenvalue weighted by molar-refractivity contribution is -0.113. The van der Waals surface area contributed by atoms with Gasteiger partial charge < -0.3 is 10.1 Å². The van der Waals surface area contributed by atoms with Crippen LogP contribution in [0.2, 0.25) is 5.02 Å². The molecule has 0 aliphatic rings. The first kappa shape index (κ1) is 27.0. The zero-order valence-corrected chi connectivity index (χ0v) is 23.0. The molecular formula is C26H27ClN4O4S2. The molecule has 8 nitrogen and oxygen atoms in total. The van der Waals surface area contributed by atoms with Crippen molar-refractivity contribution in [2.75, 3.05) is 31.3 Å². The van der Waals surface area contributed by atoms with Crippen LogP contribution >= 0.6 is 23.4 Å². The highest BCUT2D eigenvalue weighted by molar-refractivity contribution is 7.99. The fraction of sp³-hybridized carbons (Fsp3) is 0.231. The van der Waals surface area contributed by atoms with E-state index in [2.05, 4.69) is 5.32 Å². The van der Waals surface area contributed by atoms with Crippen molar-refractivity contribution in [3.63, 3.8) is 0 Å². The number of carbonyl (C=O) groups is 1. The molecule has 0 spiro atoms. The Balaban J connectivity index is 1.74. The minimum absolute atomic E-state index is 0.0790. The van der Waals surface area contributed by atoms with Crippen molar-refractivity contribution in [1.82, 2.24) is 13.9 Å². The van der Waals surface area contributed by atoms with Gasteiger partial charge in [0.2, 0.25) is 15.9 Å². The van der Waals surface area contributed by atoms with E-state index in [1.54, 1.807) is 63.4 Å². The number of benzene rings is 3. The van der Waals surface area contributed by atoms with Gasteiger partial charge in [-0.25, -0.2) is 13.4 Å². The van der Waals surface area contributed by atoms with E-state index in [-0.39, 0.29) is 16.6 Å². The smallest absolute Gasteiger partial charge is 0.243 e. The summed E-state index contributed by atoms with van der Waals surface area (Å²) in [7, 11) is -2.08. The number of thioether (sulfide) groups is 1. The molecule has 0 unspecified atom stereocenters. The van der Waals surface area contributed by atoms with Crippen molar-refractivity contribution in [3.05, 3.63) is 71.8 Å². The SMILES string of the molecule is CCN(CC)S(=O)(=O)c1ccc2c(c1)nc(SCC(=O)Nc1cccc(Cl)c1)n2-c1ccccc1OC. The second-order valence-corrected chi connectivity index (χ2v) is 11.3. The Kier molecular flexibility index (Phi) is 8.43. The molecule has 0 saturated heterocycles. The zero-order valence-electron chi connectivity index (χ0n) is 20.6. The predicted molar refractivity (Wildman–Crippen MR) is 149 cm³/mol. The molecular weight excluding hydrogens is 532 g/mol. The van der Waals surface area contributed by atoms with Crippen molar-refractivity contribution in [1.29, 1.82) is 0 Å². The van der Waals surface area contributed by atoms with Gasteiger partial charge in [0.1, 0.15) is 5.75 Å². The van der Waals surface area contributed by atoms with Crippen LogP contribution in [0.25, 0.3) is 16.7 Å². The van der Waals surface area contributed by atoms with E-state index in [1.165, 1.54) is 16.1 Å². The van der Waals surface area contributed by atoms with Crippen molar-refractivity contribution < 1.29 is 17.9 Å². The number of aromatic nitrogens is 2. The highest BCUT2D eigenvalue weighted by Crippen LogP contribution is 2.34. The molecule has 0 fully saturated rings. The molecule has 1 amide bonds. The number of imidazole rings is 1. The summed E-state index contributed by atoms with van der Waals surface area (Å²) < 4.78 is 35.1. The second-order valence-electron chi connectivity index (χ2n) is 7.99. The Labute approximate surface area is 225 Å². The van der Waals surface area contributed by atoms with E-state index in [1.807, 2.05) is 28.8 Å². The first-order valence-electron chi connectivity index (χ1n) is 11.6. The van der Waals surface area contributed by atoms with Gasteiger partial charge in [-0.05, 0) is 48.5 Å². The van der Waals surface area contributed by atoms with Gasteiger partial charge in [-0.15, -0.1) is 0 Å². The zero-order chi connectivity index (χ0) is 26.6. The number of sulfonamides is 1. The summed E-state index contributed by atoms with van der Waals surface area (Å²) in [5, 5.41) is 3.88. The van der Waals surface area contributed by atoms with Crippen molar-refractivity contribution in [3.8, 4) is 11.4 Å². The lowest BCUT2D eigenvalue weighted by Gasteiger charge is -2.18. The number of amides is 1. The molecule has 194 valence electrons. The van der Waals surface area contributed by atoms with E-state index >= 15 is 0 Å². The average molecular weight is 559 g/mol. The van der Waals surface area contributed by atoms with Gasteiger partial charge in [0.05, 0.1) is 34.5 Å². The number of hydrogen-bond acceptors (Lipinski definition) is 6. The molecule has 0 radical (unpaired) electrons. The third kappa shape index (κ3) is 5.77. The molecule has 1 N–H and O–H groups in total. The Morgan fingerprint density at radius 2 is 1.84 bits per heavy atom. The molecule has 37 heavy (non-hydrogen) atoms. The first-order valence-corrected chi connectivity index (χ1v) is 14.4. The van der Waals surface area contributed by atoms with E-state index in [0.717, 1.165) is 5.69 Å². The summed E-state index contributed by atoms with van der Waals surface area (Å²) >= 11 is 7.26. The lowest BCUT2D eigenvalue weighted by atomic mass is 10.2. The third-order valence-electron chi connectivity index (χ3n) is 5.71. The van der Waals surface area contributed by atoms with Crippen molar-refractivity contribution in [2.24, 2.45) is 0 Å². The van der Waals surface area contributed by atoms with Crippen molar-refractivity contribution in [2.45, 2.75) is 23.9 Å². The number of ether oxygens (including phenoxy) is 1. The van der Waals surface area contributed by atoms with Gasteiger partial charge in [-0.3, -0.25) is 9.36 Å². The summed E-state index contributed by atoms with van der Waals surface area (Å²) in [5.74, 6) is 0.470. The van der Waals surface area contributed by atoms with E-state index in [4.69, 9.17) is 21.3 Å². The van der Waals surface area contributed by atoms with Gasteiger partial charge in [0.15, 0.2) is 5.16 Å². The number of rotatable bonds is 10. The number of fused-ring (bicyclic) bond motifs is 1. The number of carbonyl (C=O) groups excluding carboxylic acids is 1. The van der Waals surface area contributed by atoms with E-state index in [0.29, 0.717) is 45.7 Å². The number of para-hydroxylation sites is 2. The number of nitrogens with zero attached hydrogens (tertiary/aromatic N) is 3. The Morgan fingerprint density at radius 3 is 2.54 bits per heavy atom. The minimum Gasteiger partial charge on any atom is -0.495 e. The van der Waals surface area contributed by atoms with Gasteiger partial charge in [0, 0.05) is 23.8 Å². The molecule has 4 rings (SSSR count). The Morgan fingerprint density at radius 1 is 1.08 bits per heavy atom.